The summed E-state index contributed by atoms with van der Waals surface area (Å²) in [6.07, 6.45) is 1.70. The van der Waals surface area contributed by atoms with Crippen LogP contribution >= 0.6 is 0 Å². The van der Waals surface area contributed by atoms with Gasteiger partial charge in [-0.3, -0.25) is 9.59 Å². The first-order chi connectivity index (χ1) is 9.09. The minimum atomic E-state index is -1.06. The first-order valence-electron chi connectivity index (χ1n) is 6.13. The number of aromatic nitrogens is 1. The third kappa shape index (κ3) is 3.34. The van der Waals surface area contributed by atoms with E-state index in [-0.39, 0.29) is 12.5 Å². The van der Waals surface area contributed by atoms with Crippen LogP contribution in [0.4, 0.5) is 0 Å². The van der Waals surface area contributed by atoms with Crippen LogP contribution in [0.25, 0.3) is 10.9 Å². The summed E-state index contributed by atoms with van der Waals surface area (Å²) in [5, 5.41) is 11.7. The Morgan fingerprint density at radius 1 is 1.26 bits per heavy atom. The van der Waals surface area contributed by atoms with Crippen molar-refractivity contribution < 1.29 is 14.7 Å². The predicted octanol–water partition coefficient (Wildman–Crippen LogP) is 2.02. The SMILES string of the molecule is CC.Cn1cc(C(=O)NCC(=O)O)c2ccccc21. The van der Waals surface area contributed by atoms with Gasteiger partial charge in [-0.1, -0.05) is 32.0 Å². The molecule has 0 fully saturated rings. The van der Waals surface area contributed by atoms with E-state index in [1.807, 2.05) is 49.7 Å². The molecule has 0 aliphatic rings. The molecule has 0 bridgehead atoms. The van der Waals surface area contributed by atoms with Crippen LogP contribution in [-0.4, -0.2) is 28.1 Å². The molecule has 1 aromatic heterocycles. The standard InChI is InChI=1S/C12H12N2O3.C2H6/c1-14-7-9(12(17)13-6-11(15)16)8-4-2-3-5-10(8)14;1-2/h2-5,7H,6H2,1H3,(H,13,17)(H,15,16);1-2H3. The molecule has 1 heterocycles. The van der Waals surface area contributed by atoms with Gasteiger partial charge in [0.05, 0.1) is 5.56 Å². The van der Waals surface area contributed by atoms with Gasteiger partial charge in [-0.15, -0.1) is 0 Å². The summed E-state index contributed by atoms with van der Waals surface area (Å²) in [7, 11) is 1.84. The maximum absolute atomic E-state index is 11.8. The molecule has 0 saturated carbocycles. The fourth-order valence-electron chi connectivity index (χ4n) is 1.77. The Morgan fingerprint density at radius 3 is 2.53 bits per heavy atom. The summed E-state index contributed by atoms with van der Waals surface area (Å²) < 4.78 is 1.84. The number of amides is 1. The normalized spacial score (nSPS) is 9.63. The number of nitrogens with one attached hydrogen (secondary N) is 1. The van der Waals surface area contributed by atoms with Crippen LogP contribution in [0.2, 0.25) is 0 Å². The number of benzene rings is 1. The number of hydrogen-bond acceptors (Lipinski definition) is 2. The van der Waals surface area contributed by atoms with Crippen molar-refractivity contribution in [1.82, 2.24) is 9.88 Å². The molecule has 5 nitrogen and oxygen atoms in total. The van der Waals surface area contributed by atoms with Crippen molar-refractivity contribution in [1.29, 1.82) is 0 Å². The van der Waals surface area contributed by atoms with E-state index in [9.17, 15) is 9.59 Å². The molecule has 2 aromatic rings. The van der Waals surface area contributed by atoms with E-state index in [4.69, 9.17) is 5.11 Å². The average molecular weight is 262 g/mol. The van der Waals surface area contributed by atoms with Gasteiger partial charge in [0.2, 0.25) is 0 Å². The number of hydrogen-bond donors (Lipinski definition) is 2. The molecular formula is C14H18N2O3. The van der Waals surface area contributed by atoms with Crippen molar-refractivity contribution in [3.05, 3.63) is 36.0 Å². The predicted molar refractivity (Wildman–Crippen MR) is 74.2 cm³/mol. The third-order valence-corrected chi connectivity index (χ3v) is 2.54. The van der Waals surface area contributed by atoms with Crippen molar-refractivity contribution in [3.63, 3.8) is 0 Å². The Hall–Kier alpha value is -2.30. The summed E-state index contributed by atoms with van der Waals surface area (Å²) >= 11 is 0. The van der Waals surface area contributed by atoms with Crippen LogP contribution in [-0.2, 0) is 11.8 Å². The second-order valence-electron chi connectivity index (χ2n) is 3.75. The molecule has 1 aromatic carbocycles. The number of carboxylic acids is 1. The van der Waals surface area contributed by atoms with E-state index >= 15 is 0 Å². The molecule has 0 spiro atoms. The van der Waals surface area contributed by atoms with Crippen molar-refractivity contribution in [2.75, 3.05) is 6.54 Å². The molecule has 2 N–H and O–H groups in total. The number of carbonyl (C=O) groups excluding carboxylic acids is 1. The summed E-state index contributed by atoms with van der Waals surface area (Å²) in [4.78, 5) is 22.2. The van der Waals surface area contributed by atoms with Crippen LogP contribution in [0.3, 0.4) is 0 Å². The van der Waals surface area contributed by atoms with E-state index in [1.165, 1.54) is 0 Å². The van der Waals surface area contributed by atoms with Gasteiger partial charge >= 0.3 is 5.97 Å². The molecular weight excluding hydrogens is 244 g/mol. The Labute approximate surface area is 111 Å². The zero-order chi connectivity index (χ0) is 14.4. The number of carboxylic acid groups (broad SMARTS) is 1. The molecule has 2 rings (SSSR count). The second-order valence-corrected chi connectivity index (χ2v) is 3.75. The van der Waals surface area contributed by atoms with Crippen LogP contribution in [0, 0.1) is 0 Å². The van der Waals surface area contributed by atoms with Gasteiger partial charge in [0.1, 0.15) is 6.54 Å². The maximum Gasteiger partial charge on any atom is 0.322 e. The highest BCUT2D eigenvalue weighted by Gasteiger charge is 2.13. The highest BCUT2D eigenvalue weighted by atomic mass is 16.4. The van der Waals surface area contributed by atoms with Crippen LogP contribution in [0.5, 0.6) is 0 Å². The monoisotopic (exact) mass is 262 g/mol. The first-order valence-corrected chi connectivity index (χ1v) is 6.13. The highest BCUT2D eigenvalue weighted by Crippen LogP contribution is 2.19. The Morgan fingerprint density at radius 2 is 1.89 bits per heavy atom. The highest BCUT2D eigenvalue weighted by molar-refractivity contribution is 6.07. The van der Waals surface area contributed by atoms with Crippen molar-refractivity contribution in [3.8, 4) is 0 Å². The number of para-hydroxylation sites is 1. The third-order valence-electron chi connectivity index (χ3n) is 2.54. The molecule has 5 heteroatoms. The zero-order valence-corrected chi connectivity index (χ0v) is 11.3. The number of carbonyl (C=O) groups is 2. The zero-order valence-electron chi connectivity index (χ0n) is 11.3. The lowest BCUT2D eigenvalue weighted by molar-refractivity contribution is -0.135. The first kappa shape index (κ1) is 14.8. The smallest absolute Gasteiger partial charge is 0.322 e. The minimum Gasteiger partial charge on any atom is -0.480 e. The van der Waals surface area contributed by atoms with Crippen molar-refractivity contribution in [2.45, 2.75) is 13.8 Å². The lowest BCUT2D eigenvalue weighted by Crippen LogP contribution is -2.29. The quantitative estimate of drug-likeness (QED) is 0.889. The number of fused-ring (bicyclic) bond motifs is 1. The molecule has 0 unspecified atom stereocenters. The van der Waals surface area contributed by atoms with E-state index in [0.717, 1.165) is 10.9 Å². The van der Waals surface area contributed by atoms with E-state index < -0.39 is 5.97 Å². The lowest BCUT2D eigenvalue weighted by atomic mass is 10.1. The van der Waals surface area contributed by atoms with Crippen LogP contribution in [0.1, 0.15) is 24.2 Å². The molecule has 0 saturated heterocycles. The molecule has 0 aliphatic heterocycles. The van der Waals surface area contributed by atoms with Crippen molar-refractivity contribution >= 4 is 22.8 Å². The summed E-state index contributed by atoms with van der Waals surface area (Å²) in [5.41, 5.74) is 1.43. The molecule has 19 heavy (non-hydrogen) atoms. The fourth-order valence-corrected chi connectivity index (χ4v) is 1.77. The molecule has 0 radical (unpaired) electrons. The number of aryl methyl sites for hydroxylation is 1. The minimum absolute atomic E-state index is 0.371. The molecule has 1 amide bonds. The molecule has 0 aliphatic carbocycles. The summed E-state index contributed by atoms with van der Waals surface area (Å²) in [6, 6.07) is 7.48. The van der Waals surface area contributed by atoms with Crippen LogP contribution in [0.15, 0.2) is 30.5 Å². The lowest BCUT2D eigenvalue weighted by Gasteiger charge is -2.00. The van der Waals surface area contributed by atoms with Gasteiger partial charge in [0.25, 0.3) is 5.91 Å². The Kier molecular flexibility index (Phi) is 5.11. The molecule has 0 atom stereocenters. The maximum atomic E-state index is 11.8. The number of rotatable bonds is 3. The van der Waals surface area contributed by atoms with Gasteiger partial charge in [0, 0.05) is 24.1 Å². The van der Waals surface area contributed by atoms with E-state index in [2.05, 4.69) is 5.32 Å². The Bertz CT molecular complexity index is 587. The summed E-state index contributed by atoms with van der Waals surface area (Å²) in [5.74, 6) is -1.43. The van der Waals surface area contributed by atoms with E-state index in [0.29, 0.717) is 5.56 Å². The van der Waals surface area contributed by atoms with Gasteiger partial charge in [-0.2, -0.15) is 0 Å². The number of aliphatic carboxylic acids is 1. The van der Waals surface area contributed by atoms with Crippen molar-refractivity contribution in [2.24, 2.45) is 7.05 Å². The largest absolute Gasteiger partial charge is 0.480 e. The van der Waals surface area contributed by atoms with Gasteiger partial charge in [-0.25, -0.2) is 0 Å². The fraction of sp³-hybridized carbons (Fsp3) is 0.286. The number of nitrogens with zero attached hydrogens (tertiary/aromatic N) is 1. The second kappa shape index (κ2) is 6.58. The topological polar surface area (TPSA) is 71.3 Å². The van der Waals surface area contributed by atoms with Gasteiger partial charge < -0.3 is 15.0 Å². The Balaban J connectivity index is 0.000000861. The average Bonchev–Trinajstić information content (AvgIpc) is 2.76. The summed E-state index contributed by atoms with van der Waals surface area (Å²) in [6.45, 7) is 3.63. The van der Waals surface area contributed by atoms with Crippen LogP contribution < -0.4 is 5.32 Å². The van der Waals surface area contributed by atoms with Gasteiger partial charge in [-0.05, 0) is 6.07 Å². The molecule has 102 valence electrons. The van der Waals surface area contributed by atoms with Gasteiger partial charge in [0.15, 0.2) is 0 Å². The van der Waals surface area contributed by atoms with E-state index in [1.54, 1.807) is 6.20 Å².